The highest BCUT2D eigenvalue weighted by Gasteiger charge is 2.08. The standard InChI is InChI=1S/C9H13BrOS/c1-3-7(10)6-9-8(11-2)4-5-12-9/h4-5,7H,3,6H2,1-2H3. The Morgan fingerprint density at radius 2 is 2.42 bits per heavy atom. The molecule has 0 aliphatic rings. The lowest BCUT2D eigenvalue weighted by Crippen LogP contribution is -1.99. The minimum Gasteiger partial charge on any atom is -0.496 e. The van der Waals surface area contributed by atoms with Gasteiger partial charge in [0.1, 0.15) is 5.75 Å². The Kier molecular flexibility index (Phi) is 4.09. The molecule has 0 bridgehead atoms. The van der Waals surface area contributed by atoms with E-state index in [1.807, 2.05) is 6.07 Å². The van der Waals surface area contributed by atoms with Gasteiger partial charge in [-0.1, -0.05) is 22.9 Å². The third kappa shape index (κ3) is 2.49. The molecule has 0 radical (unpaired) electrons. The summed E-state index contributed by atoms with van der Waals surface area (Å²) in [6.07, 6.45) is 2.22. The Hall–Kier alpha value is -0.0200. The number of methoxy groups -OCH3 is 1. The second kappa shape index (κ2) is 4.87. The Bertz CT molecular complexity index is 234. The van der Waals surface area contributed by atoms with Crippen molar-refractivity contribution in [3.63, 3.8) is 0 Å². The van der Waals surface area contributed by atoms with E-state index >= 15 is 0 Å². The van der Waals surface area contributed by atoms with Crippen LogP contribution >= 0.6 is 27.3 Å². The Labute approximate surface area is 85.9 Å². The molecular weight excluding hydrogens is 236 g/mol. The maximum Gasteiger partial charge on any atom is 0.132 e. The van der Waals surface area contributed by atoms with E-state index in [0.29, 0.717) is 4.83 Å². The first kappa shape index (κ1) is 10.1. The molecule has 0 aromatic carbocycles. The van der Waals surface area contributed by atoms with Crippen molar-refractivity contribution in [2.24, 2.45) is 0 Å². The van der Waals surface area contributed by atoms with E-state index in [1.165, 1.54) is 4.88 Å². The van der Waals surface area contributed by atoms with Crippen molar-refractivity contribution in [3.05, 3.63) is 16.3 Å². The molecule has 1 rings (SSSR count). The number of hydrogen-bond acceptors (Lipinski definition) is 2. The van der Waals surface area contributed by atoms with Gasteiger partial charge in [0.05, 0.1) is 7.11 Å². The fraction of sp³-hybridized carbons (Fsp3) is 0.556. The van der Waals surface area contributed by atoms with Gasteiger partial charge in [0.15, 0.2) is 0 Å². The third-order valence-electron chi connectivity index (χ3n) is 1.77. The van der Waals surface area contributed by atoms with Crippen molar-refractivity contribution in [2.75, 3.05) is 7.11 Å². The Morgan fingerprint density at radius 1 is 1.67 bits per heavy atom. The molecule has 68 valence electrons. The summed E-state index contributed by atoms with van der Waals surface area (Å²) < 4.78 is 5.22. The fourth-order valence-electron chi connectivity index (χ4n) is 1.01. The predicted octanol–water partition coefficient (Wildman–Crippen LogP) is 3.47. The van der Waals surface area contributed by atoms with Crippen LogP contribution < -0.4 is 4.74 Å². The maximum atomic E-state index is 5.22. The molecule has 0 aliphatic heterocycles. The van der Waals surface area contributed by atoms with Gasteiger partial charge in [0.2, 0.25) is 0 Å². The Balaban J connectivity index is 2.61. The molecule has 1 nitrogen and oxygen atoms in total. The summed E-state index contributed by atoms with van der Waals surface area (Å²) in [5.41, 5.74) is 0. The van der Waals surface area contributed by atoms with Gasteiger partial charge in [-0.05, 0) is 24.3 Å². The van der Waals surface area contributed by atoms with Crippen LogP contribution in [0.5, 0.6) is 5.75 Å². The van der Waals surface area contributed by atoms with Crippen LogP contribution in [0.25, 0.3) is 0 Å². The summed E-state index contributed by atoms with van der Waals surface area (Å²) in [4.78, 5) is 1.91. The molecule has 1 atom stereocenters. The lowest BCUT2D eigenvalue weighted by atomic mass is 10.2. The number of ether oxygens (including phenoxy) is 1. The van der Waals surface area contributed by atoms with E-state index in [1.54, 1.807) is 18.4 Å². The number of alkyl halides is 1. The van der Waals surface area contributed by atoms with Crippen LogP contribution in [0.2, 0.25) is 0 Å². The van der Waals surface area contributed by atoms with Crippen LogP contribution in [0.3, 0.4) is 0 Å². The monoisotopic (exact) mass is 248 g/mol. The minimum absolute atomic E-state index is 0.574. The highest BCUT2D eigenvalue weighted by molar-refractivity contribution is 9.09. The first-order valence-electron chi connectivity index (χ1n) is 4.02. The van der Waals surface area contributed by atoms with E-state index in [2.05, 4.69) is 28.2 Å². The second-order valence-electron chi connectivity index (χ2n) is 2.62. The van der Waals surface area contributed by atoms with E-state index in [4.69, 9.17) is 4.74 Å². The van der Waals surface area contributed by atoms with Gasteiger partial charge in [-0.3, -0.25) is 0 Å². The molecule has 12 heavy (non-hydrogen) atoms. The summed E-state index contributed by atoms with van der Waals surface area (Å²) in [6, 6.07) is 2.02. The molecule has 0 saturated heterocycles. The smallest absolute Gasteiger partial charge is 0.132 e. The van der Waals surface area contributed by atoms with Gasteiger partial charge in [0.25, 0.3) is 0 Å². The van der Waals surface area contributed by atoms with Crippen molar-refractivity contribution >= 4 is 27.3 Å². The molecule has 0 spiro atoms. The molecule has 0 aliphatic carbocycles. The lowest BCUT2D eigenvalue weighted by Gasteiger charge is -2.06. The average molecular weight is 249 g/mol. The quantitative estimate of drug-likeness (QED) is 0.742. The van der Waals surface area contributed by atoms with Crippen molar-refractivity contribution in [1.82, 2.24) is 0 Å². The fourth-order valence-corrected chi connectivity index (χ4v) is 2.46. The van der Waals surface area contributed by atoms with E-state index in [9.17, 15) is 0 Å². The molecule has 1 unspecified atom stereocenters. The number of rotatable bonds is 4. The van der Waals surface area contributed by atoms with Crippen molar-refractivity contribution in [3.8, 4) is 5.75 Å². The van der Waals surface area contributed by atoms with Crippen molar-refractivity contribution in [1.29, 1.82) is 0 Å². The molecule has 3 heteroatoms. The minimum atomic E-state index is 0.574. The maximum absolute atomic E-state index is 5.22. The first-order valence-corrected chi connectivity index (χ1v) is 5.81. The molecule has 0 fully saturated rings. The zero-order valence-corrected chi connectivity index (χ0v) is 9.74. The van der Waals surface area contributed by atoms with Gasteiger partial charge in [-0.15, -0.1) is 11.3 Å². The van der Waals surface area contributed by atoms with Crippen molar-refractivity contribution in [2.45, 2.75) is 24.6 Å². The van der Waals surface area contributed by atoms with Crippen LogP contribution in [-0.2, 0) is 6.42 Å². The predicted molar refractivity (Wildman–Crippen MR) is 57.6 cm³/mol. The van der Waals surface area contributed by atoms with Crippen LogP contribution in [-0.4, -0.2) is 11.9 Å². The third-order valence-corrected chi connectivity index (χ3v) is 3.67. The first-order chi connectivity index (χ1) is 5.77. The molecule has 0 N–H and O–H groups in total. The largest absolute Gasteiger partial charge is 0.496 e. The lowest BCUT2D eigenvalue weighted by molar-refractivity contribution is 0.412. The normalized spacial score (nSPS) is 12.9. The molecule has 1 aromatic rings. The highest BCUT2D eigenvalue weighted by Crippen LogP contribution is 2.27. The molecule has 1 heterocycles. The number of thiophene rings is 1. The van der Waals surface area contributed by atoms with Crippen LogP contribution in [0.4, 0.5) is 0 Å². The molecule has 1 aromatic heterocycles. The summed E-state index contributed by atoms with van der Waals surface area (Å²) in [5.74, 6) is 1.03. The van der Waals surface area contributed by atoms with Crippen LogP contribution in [0, 0.1) is 0 Å². The molecule has 0 amide bonds. The highest BCUT2D eigenvalue weighted by atomic mass is 79.9. The topological polar surface area (TPSA) is 9.23 Å². The van der Waals surface area contributed by atoms with Gasteiger partial charge in [0, 0.05) is 9.70 Å². The summed E-state index contributed by atoms with van der Waals surface area (Å²) >= 11 is 5.38. The summed E-state index contributed by atoms with van der Waals surface area (Å²) in [7, 11) is 1.72. The van der Waals surface area contributed by atoms with Gasteiger partial charge < -0.3 is 4.74 Å². The number of halogens is 1. The zero-order chi connectivity index (χ0) is 8.97. The van der Waals surface area contributed by atoms with Crippen molar-refractivity contribution < 1.29 is 4.74 Å². The van der Waals surface area contributed by atoms with Gasteiger partial charge in [-0.25, -0.2) is 0 Å². The van der Waals surface area contributed by atoms with Crippen LogP contribution in [0.1, 0.15) is 18.2 Å². The second-order valence-corrected chi connectivity index (χ2v) is 4.92. The molecular formula is C9H13BrOS. The van der Waals surface area contributed by atoms with Gasteiger partial charge >= 0.3 is 0 Å². The SMILES string of the molecule is CCC(Br)Cc1sccc1OC. The van der Waals surface area contributed by atoms with E-state index in [0.717, 1.165) is 18.6 Å². The van der Waals surface area contributed by atoms with Crippen LogP contribution in [0.15, 0.2) is 11.4 Å². The zero-order valence-electron chi connectivity index (χ0n) is 7.34. The van der Waals surface area contributed by atoms with Gasteiger partial charge in [-0.2, -0.15) is 0 Å². The Morgan fingerprint density at radius 3 is 3.00 bits per heavy atom. The van der Waals surface area contributed by atoms with E-state index < -0.39 is 0 Å². The number of hydrogen-bond donors (Lipinski definition) is 0. The van der Waals surface area contributed by atoms with E-state index in [-0.39, 0.29) is 0 Å². The molecule has 0 saturated carbocycles. The average Bonchev–Trinajstić information content (AvgIpc) is 2.51. The summed E-state index contributed by atoms with van der Waals surface area (Å²) in [5, 5.41) is 2.07. The summed E-state index contributed by atoms with van der Waals surface area (Å²) in [6.45, 7) is 2.18.